The van der Waals surface area contributed by atoms with Crippen LogP contribution in [0.3, 0.4) is 0 Å². The largest absolute Gasteiger partial charge is 0.0651 e. The molecule has 0 radical (unpaired) electrons. The molecular weight excluding hydrogens is 108 g/mol. The van der Waals surface area contributed by atoms with Crippen molar-refractivity contribution in [2.75, 3.05) is 0 Å². The van der Waals surface area contributed by atoms with E-state index in [1.807, 2.05) is 0 Å². The lowest BCUT2D eigenvalue weighted by molar-refractivity contribution is 0.470. The van der Waals surface area contributed by atoms with Gasteiger partial charge in [0.2, 0.25) is 0 Å². The van der Waals surface area contributed by atoms with Gasteiger partial charge in [-0.15, -0.1) is 0 Å². The fourth-order valence-electron chi connectivity index (χ4n) is 3.23. The molecule has 50 valence electrons. The Labute approximate surface area is 56.6 Å². The van der Waals surface area contributed by atoms with Crippen LogP contribution in [-0.4, -0.2) is 0 Å². The Kier molecular flexibility index (Phi) is 0.574. The highest BCUT2D eigenvalue weighted by Crippen LogP contribution is 2.87. The van der Waals surface area contributed by atoms with Crippen LogP contribution >= 0.6 is 0 Å². The van der Waals surface area contributed by atoms with Crippen LogP contribution in [0.4, 0.5) is 0 Å². The van der Waals surface area contributed by atoms with Gasteiger partial charge in [-0.25, -0.2) is 0 Å². The van der Waals surface area contributed by atoms with Crippen LogP contribution in [0.15, 0.2) is 0 Å². The molecule has 3 rings (SSSR count). The van der Waals surface area contributed by atoms with Gasteiger partial charge in [0.25, 0.3) is 0 Å². The Morgan fingerprint density at radius 3 is 2.67 bits per heavy atom. The van der Waals surface area contributed by atoms with Crippen LogP contribution in [0.1, 0.15) is 32.6 Å². The summed E-state index contributed by atoms with van der Waals surface area (Å²) < 4.78 is 0. The normalized spacial score (nSPS) is 67.0. The van der Waals surface area contributed by atoms with Crippen molar-refractivity contribution >= 4 is 0 Å². The van der Waals surface area contributed by atoms with Gasteiger partial charge in [-0.2, -0.15) is 0 Å². The molecule has 3 aliphatic rings. The summed E-state index contributed by atoms with van der Waals surface area (Å²) >= 11 is 0. The molecule has 3 fully saturated rings. The molecule has 4 unspecified atom stereocenters. The van der Waals surface area contributed by atoms with Gasteiger partial charge in [0, 0.05) is 0 Å². The average Bonchev–Trinajstić information content (AvgIpc) is 2.65. The Morgan fingerprint density at radius 1 is 1.33 bits per heavy atom. The van der Waals surface area contributed by atoms with Gasteiger partial charge in [-0.3, -0.25) is 0 Å². The molecule has 0 heterocycles. The Hall–Kier alpha value is 0. The molecule has 0 N–H and O–H groups in total. The summed E-state index contributed by atoms with van der Waals surface area (Å²) in [5, 5.41) is 0. The molecule has 3 aliphatic carbocycles. The first kappa shape index (κ1) is 4.76. The van der Waals surface area contributed by atoms with E-state index in [1.54, 1.807) is 19.3 Å². The maximum Gasteiger partial charge on any atom is -0.0229 e. The SMILES string of the molecule is CCC1CC2C3CC23C1. The molecule has 0 aromatic rings. The predicted molar refractivity (Wildman–Crippen MR) is 37.0 cm³/mol. The van der Waals surface area contributed by atoms with E-state index in [2.05, 4.69) is 6.92 Å². The van der Waals surface area contributed by atoms with Gasteiger partial charge in [0.15, 0.2) is 0 Å². The highest BCUT2D eigenvalue weighted by Gasteiger charge is 2.80. The van der Waals surface area contributed by atoms with Gasteiger partial charge in [0.1, 0.15) is 0 Å². The van der Waals surface area contributed by atoms with Crippen molar-refractivity contribution in [2.45, 2.75) is 32.6 Å². The van der Waals surface area contributed by atoms with E-state index in [0.29, 0.717) is 0 Å². The quantitative estimate of drug-likeness (QED) is 0.501. The molecule has 0 heteroatoms. The molecule has 0 nitrogen and oxygen atoms in total. The van der Waals surface area contributed by atoms with Crippen LogP contribution in [0.2, 0.25) is 0 Å². The molecule has 0 aliphatic heterocycles. The third-order valence-electron chi connectivity index (χ3n) is 4.13. The minimum Gasteiger partial charge on any atom is -0.0651 e. The van der Waals surface area contributed by atoms with Gasteiger partial charge >= 0.3 is 0 Å². The summed E-state index contributed by atoms with van der Waals surface area (Å²) in [5.74, 6) is 3.62. The van der Waals surface area contributed by atoms with E-state index in [9.17, 15) is 0 Å². The van der Waals surface area contributed by atoms with Crippen molar-refractivity contribution in [2.24, 2.45) is 23.2 Å². The van der Waals surface area contributed by atoms with Gasteiger partial charge in [-0.05, 0) is 42.4 Å². The summed E-state index contributed by atoms with van der Waals surface area (Å²) in [6, 6.07) is 0. The van der Waals surface area contributed by atoms with Crippen molar-refractivity contribution in [1.82, 2.24) is 0 Å². The second kappa shape index (κ2) is 1.09. The zero-order chi connectivity index (χ0) is 6.06. The van der Waals surface area contributed by atoms with Crippen molar-refractivity contribution < 1.29 is 0 Å². The molecule has 0 aromatic carbocycles. The van der Waals surface area contributed by atoms with E-state index in [0.717, 1.165) is 11.3 Å². The van der Waals surface area contributed by atoms with E-state index in [4.69, 9.17) is 0 Å². The zero-order valence-corrected chi connectivity index (χ0v) is 6.06. The first-order chi connectivity index (χ1) is 4.37. The van der Waals surface area contributed by atoms with Gasteiger partial charge in [0.05, 0.1) is 0 Å². The average molecular weight is 122 g/mol. The third kappa shape index (κ3) is 0.367. The number of fused-ring (bicyclic) bond motifs is 1. The fraction of sp³-hybridized carbons (Fsp3) is 1.00. The van der Waals surface area contributed by atoms with Crippen LogP contribution in [0, 0.1) is 23.2 Å². The summed E-state index contributed by atoms with van der Waals surface area (Å²) in [6.45, 7) is 2.35. The summed E-state index contributed by atoms with van der Waals surface area (Å²) in [7, 11) is 0. The highest BCUT2D eigenvalue weighted by molar-refractivity contribution is 5.28. The molecular formula is C9H14. The lowest BCUT2D eigenvalue weighted by atomic mass is 10.0. The maximum absolute atomic E-state index is 2.35. The van der Waals surface area contributed by atoms with Crippen molar-refractivity contribution in [3.05, 3.63) is 0 Å². The first-order valence-corrected chi connectivity index (χ1v) is 4.37. The molecule has 0 bridgehead atoms. The Balaban J connectivity index is 1.78. The second-order valence-electron chi connectivity index (χ2n) is 4.36. The first-order valence-electron chi connectivity index (χ1n) is 4.37. The molecule has 3 saturated carbocycles. The lowest BCUT2D eigenvalue weighted by Crippen LogP contribution is -1.93. The van der Waals surface area contributed by atoms with Crippen LogP contribution in [0.25, 0.3) is 0 Å². The molecule has 0 amide bonds. The minimum absolute atomic E-state index is 1.00. The predicted octanol–water partition coefficient (Wildman–Crippen LogP) is 2.44. The molecule has 9 heavy (non-hydrogen) atoms. The van der Waals surface area contributed by atoms with E-state index < -0.39 is 0 Å². The number of hydrogen-bond acceptors (Lipinski definition) is 0. The van der Waals surface area contributed by atoms with Crippen molar-refractivity contribution in [3.63, 3.8) is 0 Å². The standard InChI is InChI=1S/C9H14/c1-2-6-3-7-8-5-9(7,8)4-6/h6-8H,2-5H2,1H3. The van der Waals surface area contributed by atoms with E-state index in [-0.39, 0.29) is 0 Å². The molecule has 1 spiro atoms. The van der Waals surface area contributed by atoms with Crippen molar-refractivity contribution in [1.29, 1.82) is 0 Å². The van der Waals surface area contributed by atoms with E-state index in [1.165, 1.54) is 18.3 Å². The Bertz CT molecular complexity index is 161. The van der Waals surface area contributed by atoms with Crippen LogP contribution in [-0.2, 0) is 0 Å². The molecule has 0 saturated heterocycles. The maximum atomic E-state index is 2.35. The zero-order valence-electron chi connectivity index (χ0n) is 6.06. The van der Waals surface area contributed by atoms with E-state index >= 15 is 0 Å². The molecule has 0 aromatic heterocycles. The van der Waals surface area contributed by atoms with Crippen LogP contribution < -0.4 is 0 Å². The minimum atomic E-state index is 1.00. The summed E-state index contributed by atoms with van der Waals surface area (Å²) in [6.07, 6.45) is 6.28. The monoisotopic (exact) mass is 122 g/mol. The lowest BCUT2D eigenvalue weighted by Gasteiger charge is -2.04. The van der Waals surface area contributed by atoms with Crippen molar-refractivity contribution in [3.8, 4) is 0 Å². The second-order valence-corrected chi connectivity index (χ2v) is 4.36. The number of hydrogen-bond donors (Lipinski definition) is 0. The van der Waals surface area contributed by atoms with Gasteiger partial charge < -0.3 is 0 Å². The highest BCUT2D eigenvalue weighted by atomic mass is 14.8. The van der Waals surface area contributed by atoms with Crippen LogP contribution in [0.5, 0.6) is 0 Å². The third-order valence-corrected chi connectivity index (χ3v) is 4.13. The summed E-state index contributed by atoms with van der Waals surface area (Å²) in [5.41, 5.74) is 1.00. The summed E-state index contributed by atoms with van der Waals surface area (Å²) in [4.78, 5) is 0. The smallest absolute Gasteiger partial charge is 0.0229 e. The Morgan fingerprint density at radius 2 is 2.22 bits per heavy atom. The molecule has 4 atom stereocenters. The number of rotatable bonds is 1. The fourth-order valence-corrected chi connectivity index (χ4v) is 3.23. The topological polar surface area (TPSA) is 0 Å². The van der Waals surface area contributed by atoms with Gasteiger partial charge in [-0.1, -0.05) is 13.3 Å².